The van der Waals surface area contributed by atoms with Crippen LogP contribution < -0.4 is 10.6 Å². The van der Waals surface area contributed by atoms with Crippen molar-refractivity contribution >= 4 is 51.5 Å². The molecule has 0 atom stereocenters. The topological polar surface area (TPSA) is 101 Å². The van der Waals surface area contributed by atoms with Gasteiger partial charge < -0.3 is 5.32 Å². The lowest BCUT2D eigenvalue weighted by Crippen LogP contribution is -2.14. The Morgan fingerprint density at radius 2 is 1.72 bits per heavy atom. The number of hydrogen-bond acceptors (Lipinski definition) is 7. The van der Waals surface area contributed by atoms with Crippen LogP contribution in [0.25, 0.3) is 0 Å². The van der Waals surface area contributed by atoms with E-state index in [0.29, 0.717) is 26.3 Å². The predicted molar refractivity (Wildman–Crippen MR) is 115 cm³/mol. The van der Waals surface area contributed by atoms with Gasteiger partial charge in [0.1, 0.15) is 0 Å². The molecule has 9 heteroatoms. The van der Waals surface area contributed by atoms with Crippen LogP contribution in [0.4, 0.5) is 10.8 Å². The molecule has 0 aliphatic rings. The summed E-state index contributed by atoms with van der Waals surface area (Å²) < 4.78 is 0.576. The van der Waals surface area contributed by atoms with Crippen LogP contribution in [-0.4, -0.2) is 33.5 Å². The number of benzene rings is 2. The Kier molecular flexibility index (Phi) is 6.73. The predicted octanol–water partition coefficient (Wildman–Crippen LogP) is 4.03. The number of rotatable bonds is 7. The van der Waals surface area contributed by atoms with Gasteiger partial charge in [0, 0.05) is 16.8 Å². The zero-order chi connectivity index (χ0) is 20.8. The third-order valence-corrected chi connectivity index (χ3v) is 5.89. The Balaban J connectivity index is 1.51. The number of thioether (sulfide) groups is 1. The van der Waals surface area contributed by atoms with Crippen molar-refractivity contribution in [2.45, 2.75) is 18.2 Å². The summed E-state index contributed by atoms with van der Waals surface area (Å²) in [5, 5.41) is 13.8. The summed E-state index contributed by atoms with van der Waals surface area (Å²) in [7, 11) is 0. The molecular formula is C20H18N4O3S2. The molecule has 0 saturated carbocycles. The second-order valence-electron chi connectivity index (χ2n) is 6.11. The van der Waals surface area contributed by atoms with Gasteiger partial charge in [0.15, 0.2) is 10.1 Å². The summed E-state index contributed by atoms with van der Waals surface area (Å²) in [5.74, 6) is -0.330. The van der Waals surface area contributed by atoms with Crippen LogP contribution in [0.1, 0.15) is 33.2 Å². The number of aromatic nitrogens is 2. The van der Waals surface area contributed by atoms with Crippen LogP contribution >= 0.6 is 23.1 Å². The Morgan fingerprint density at radius 3 is 2.41 bits per heavy atom. The van der Waals surface area contributed by atoms with Crippen molar-refractivity contribution in [3.05, 3.63) is 65.2 Å². The van der Waals surface area contributed by atoms with Gasteiger partial charge in [0.25, 0.3) is 5.91 Å². The maximum atomic E-state index is 12.3. The number of Topliss-reactive ketones (excluding diaryl/α,β-unsaturated/α-hetero) is 1. The second-order valence-corrected chi connectivity index (χ2v) is 8.31. The average Bonchev–Trinajstić information content (AvgIpc) is 3.14. The fourth-order valence-corrected chi connectivity index (χ4v) is 3.97. The third kappa shape index (κ3) is 5.72. The smallest absolute Gasteiger partial charge is 0.257 e. The average molecular weight is 427 g/mol. The first-order chi connectivity index (χ1) is 13.9. The molecule has 1 aromatic heterocycles. The Bertz CT molecular complexity index is 1050. The normalized spacial score (nSPS) is 10.4. The van der Waals surface area contributed by atoms with Gasteiger partial charge >= 0.3 is 0 Å². The van der Waals surface area contributed by atoms with Gasteiger partial charge in [-0.3, -0.25) is 19.7 Å². The standard InChI is InChI=1S/C20H18N4O3S2/c1-12-5-3-4-6-16(12)18(27)22-19-23-24-20(29-19)28-11-17(26)21-15-9-7-14(8-10-15)13(2)25/h3-10H,11H2,1-2H3,(H,21,26)(H,22,23,27). The minimum atomic E-state index is -0.248. The lowest BCUT2D eigenvalue weighted by atomic mass is 10.1. The lowest BCUT2D eigenvalue weighted by molar-refractivity contribution is -0.113. The van der Waals surface area contributed by atoms with Crippen molar-refractivity contribution in [2.75, 3.05) is 16.4 Å². The summed E-state index contributed by atoms with van der Waals surface area (Å²) in [6.07, 6.45) is 0. The number of hydrogen-bond donors (Lipinski definition) is 2. The van der Waals surface area contributed by atoms with Crippen molar-refractivity contribution in [2.24, 2.45) is 0 Å². The number of amides is 2. The fourth-order valence-electron chi connectivity index (χ4n) is 2.42. The SMILES string of the molecule is CC(=O)c1ccc(NC(=O)CSc2nnc(NC(=O)c3ccccc3C)s2)cc1. The van der Waals surface area contributed by atoms with E-state index in [-0.39, 0.29) is 23.4 Å². The molecule has 0 aliphatic heterocycles. The molecule has 3 aromatic rings. The minimum absolute atomic E-state index is 0.0278. The Hall–Kier alpha value is -3.04. The third-order valence-electron chi connectivity index (χ3n) is 3.92. The van der Waals surface area contributed by atoms with Crippen molar-refractivity contribution in [1.29, 1.82) is 0 Å². The monoisotopic (exact) mass is 426 g/mol. The van der Waals surface area contributed by atoms with E-state index in [9.17, 15) is 14.4 Å². The molecule has 2 N–H and O–H groups in total. The highest BCUT2D eigenvalue weighted by molar-refractivity contribution is 8.01. The number of nitrogens with one attached hydrogen (secondary N) is 2. The van der Waals surface area contributed by atoms with E-state index in [4.69, 9.17) is 0 Å². The molecule has 2 amide bonds. The van der Waals surface area contributed by atoms with E-state index in [2.05, 4.69) is 20.8 Å². The summed E-state index contributed by atoms with van der Waals surface area (Å²) in [4.78, 5) is 35.7. The van der Waals surface area contributed by atoms with Crippen LogP contribution in [-0.2, 0) is 4.79 Å². The molecule has 3 rings (SSSR count). The number of ketones is 1. The van der Waals surface area contributed by atoms with E-state index in [0.717, 1.165) is 5.56 Å². The zero-order valence-corrected chi connectivity index (χ0v) is 17.4. The molecule has 2 aromatic carbocycles. The molecular weight excluding hydrogens is 408 g/mol. The maximum absolute atomic E-state index is 12.3. The largest absolute Gasteiger partial charge is 0.325 e. The summed E-state index contributed by atoms with van der Waals surface area (Å²) in [5.41, 5.74) is 2.65. The van der Waals surface area contributed by atoms with Gasteiger partial charge in [-0.05, 0) is 49.7 Å². The van der Waals surface area contributed by atoms with Crippen molar-refractivity contribution in [3.63, 3.8) is 0 Å². The van der Waals surface area contributed by atoms with Crippen molar-refractivity contribution in [3.8, 4) is 0 Å². The number of nitrogens with zero attached hydrogens (tertiary/aromatic N) is 2. The van der Waals surface area contributed by atoms with Crippen molar-refractivity contribution < 1.29 is 14.4 Å². The van der Waals surface area contributed by atoms with E-state index in [1.54, 1.807) is 36.4 Å². The molecule has 0 aliphatic carbocycles. The van der Waals surface area contributed by atoms with E-state index in [1.807, 2.05) is 19.1 Å². The van der Waals surface area contributed by atoms with E-state index in [1.165, 1.54) is 30.0 Å². The maximum Gasteiger partial charge on any atom is 0.257 e. The molecule has 1 heterocycles. The van der Waals surface area contributed by atoms with Gasteiger partial charge in [-0.2, -0.15) is 0 Å². The van der Waals surface area contributed by atoms with Gasteiger partial charge in [0.05, 0.1) is 5.75 Å². The van der Waals surface area contributed by atoms with E-state index >= 15 is 0 Å². The summed E-state index contributed by atoms with van der Waals surface area (Å²) in [6.45, 7) is 3.35. The Morgan fingerprint density at radius 1 is 1.00 bits per heavy atom. The van der Waals surface area contributed by atoms with Gasteiger partial charge in [-0.15, -0.1) is 10.2 Å². The number of carbonyl (C=O) groups is 3. The van der Waals surface area contributed by atoms with Crippen LogP contribution in [0, 0.1) is 6.92 Å². The molecule has 29 heavy (non-hydrogen) atoms. The zero-order valence-electron chi connectivity index (χ0n) is 15.8. The first-order valence-corrected chi connectivity index (χ1v) is 10.5. The highest BCUT2D eigenvalue weighted by atomic mass is 32.2. The van der Waals surface area contributed by atoms with Crippen LogP contribution in [0.2, 0.25) is 0 Å². The quantitative estimate of drug-likeness (QED) is 0.336. The highest BCUT2D eigenvalue weighted by Gasteiger charge is 2.13. The van der Waals surface area contributed by atoms with E-state index < -0.39 is 0 Å². The minimum Gasteiger partial charge on any atom is -0.325 e. The number of aryl methyl sites for hydroxylation is 1. The second kappa shape index (κ2) is 9.44. The molecule has 0 saturated heterocycles. The van der Waals surface area contributed by atoms with Gasteiger partial charge in [-0.1, -0.05) is 41.3 Å². The molecule has 0 radical (unpaired) electrons. The molecule has 0 unspecified atom stereocenters. The molecule has 0 fully saturated rings. The number of anilines is 2. The molecule has 7 nitrogen and oxygen atoms in total. The Labute approximate surface area is 175 Å². The summed E-state index contributed by atoms with van der Waals surface area (Å²) >= 11 is 2.44. The van der Waals surface area contributed by atoms with Gasteiger partial charge in [0.2, 0.25) is 11.0 Å². The van der Waals surface area contributed by atoms with Crippen LogP contribution in [0.3, 0.4) is 0 Å². The first kappa shape index (κ1) is 20.7. The first-order valence-electron chi connectivity index (χ1n) is 8.66. The highest BCUT2D eigenvalue weighted by Crippen LogP contribution is 2.26. The summed E-state index contributed by atoms with van der Waals surface area (Å²) in [6, 6.07) is 14.0. The van der Waals surface area contributed by atoms with Crippen LogP contribution in [0.5, 0.6) is 0 Å². The lowest BCUT2D eigenvalue weighted by Gasteiger charge is -2.05. The fraction of sp³-hybridized carbons (Fsp3) is 0.150. The van der Waals surface area contributed by atoms with Gasteiger partial charge in [-0.25, -0.2) is 0 Å². The van der Waals surface area contributed by atoms with Crippen molar-refractivity contribution in [1.82, 2.24) is 10.2 Å². The molecule has 148 valence electrons. The molecule has 0 bridgehead atoms. The number of carbonyl (C=O) groups excluding carboxylic acids is 3. The molecule has 0 spiro atoms. The van der Waals surface area contributed by atoms with Crippen LogP contribution in [0.15, 0.2) is 52.9 Å².